The highest BCUT2D eigenvalue weighted by Crippen LogP contribution is 2.20. The predicted molar refractivity (Wildman–Crippen MR) is 75.6 cm³/mol. The van der Waals surface area contributed by atoms with Crippen molar-refractivity contribution in [2.45, 2.75) is 26.7 Å². The van der Waals surface area contributed by atoms with E-state index in [4.69, 9.17) is 0 Å². The van der Waals surface area contributed by atoms with Crippen molar-refractivity contribution < 1.29 is 4.79 Å². The van der Waals surface area contributed by atoms with Gasteiger partial charge >= 0.3 is 0 Å². The van der Waals surface area contributed by atoms with Gasteiger partial charge in [-0.2, -0.15) is 0 Å². The second kappa shape index (κ2) is 5.63. The lowest BCUT2D eigenvalue weighted by Crippen LogP contribution is -1.93. The Morgan fingerprint density at radius 2 is 1.39 bits per heavy atom. The van der Waals surface area contributed by atoms with Gasteiger partial charge in [-0.3, -0.25) is 0 Å². The first-order valence-corrected chi connectivity index (χ1v) is 6.30. The van der Waals surface area contributed by atoms with E-state index in [1.807, 2.05) is 0 Å². The molecule has 0 unspecified atom stereocenters. The van der Waals surface area contributed by atoms with Gasteiger partial charge < -0.3 is 4.79 Å². The number of carbonyl (C=O) groups is 1. The average molecular weight is 238 g/mol. The van der Waals surface area contributed by atoms with Crippen molar-refractivity contribution in [3.8, 4) is 11.1 Å². The maximum absolute atomic E-state index is 10.9. The molecule has 0 N–H and O–H groups in total. The van der Waals surface area contributed by atoms with Crippen LogP contribution in [0.25, 0.3) is 11.1 Å². The third-order valence-corrected chi connectivity index (χ3v) is 3.10. The molecule has 2 rings (SSSR count). The topological polar surface area (TPSA) is 17.1 Å². The van der Waals surface area contributed by atoms with Gasteiger partial charge in [-0.1, -0.05) is 54.1 Å². The summed E-state index contributed by atoms with van der Waals surface area (Å²) in [5.74, 6) is 0.248. The fourth-order valence-electron chi connectivity index (χ4n) is 1.93. The third kappa shape index (κ3) is 3.30. The molecule has 0 saturated carbocycles. The molecule has 1 nitrogen and oxygen atoms in total. The van der Waals surface area contributed by atoms with Crippen LogP contribution < -0.4 is 0 Å². The molecule has 0 saturated heterocycles. The standard InChI is InChI=1S/C17H18O/c1-13-3-9-16(10-4-13)17-11-7-15(8-12-17)6-5-14(2)18/h3-4,7-12H,5-6H2,1-2H3. The van der Waals surface area contributed by atoms with Gasteiger partial charge in [0.1, 0.15) is 5.78 Å². The zero-order valence-corrected chi connectivity index (χ0v) is 10.9. The molecule has 0 aliphatic rings. The SMILES string of the molecule is CC(=O)CCc1ccc(-c2ccc(C)cc2)cc1. The fraction of sp³-hybridized carbons (Fsp3) is 0.235. The molecule has 0 atom stereocenters. The van der Waals surface area contributed by atoms with E-state index >= 15 is 0 Å². The van der Waals surface area contributed by atoms with Crippen molar-refractivity contribution in [2.24, 2.45) is 0 Å². The Hall–Kier alpha value is -1.89. The molecule has 2 aromatic carbocycles. The Bertz CT molecular complexity index is 521. The van der Waals surface area contributed by atoms with E-state index in [9.17, 15) is 4.79 Å². The minimum atomic E-state index is 0.248. The number of hydrogen-bond acceptors (Lipinski definition) is 1. The highest BCUT2D eigenvalue weighted by molar-refractivity contribution is 5.75. The van der Waals surface area contributed by atoms with Crippen molar-refractivity contribution in [3.05, 3.63) is 59.7 Å². The minimum Gasteiger partial charge on any atom is -0.300 e. The van der Waals surface area contributed by atoms with E-state index in [0.29, 0.717) is 6.42 Å². The molecule has 92 valence electrons. The van der Waals surface area contributed by atoms with Gasteiger partial charge in [0, 0.05) is 6.42 Å². The van der Waals surface area contributed by atoms with Crippen LogP contribution in [0.5, 0.6) is 0 Å². The fourth-order valence-corrected chi connectivity index (χ4v) is 1.93. The number of aryl methyl sites for hydroxylation is 2. The largest absolute Gasteiger partial charge is 0.300 e. The van der Waals surface area contributed by atoms with Crippen LogP contribution >= 0.6 is 0 Å². The Balaban J connectivity index is 2.12. The lowest BCUT2D eigenvalue weighted by molar-refractivity contribution is -0.116. The van der Waals surface area contributed by atoms with E-state index in [2.05, 4.69) is 55.5 Å². The van der Waals surface area contributed by atoms with E-state index in [1.165, 1.54) is 22.3 Å². The molecule has 18 heavy (non-hydrogen) atoms. The number of ketones is 1. The molecule has 0 heterocycles. The quantitative estimate of drug-likeness (QED) is 0.780. The predicted octanol–water partition coefficient (Wildman–Crippen LogP) is 4.18. The van der Waals surface area contributed by atoms with Gasteiger partial charge in [0.15, 0.2) is 0 Å². The Morgan fingerprint density at radius 1 is 0.889 bits per heavy atom. The van der Waals surface area contributed by atoms with Crippen LogP contribution in [-0.2, 0) is 11.2 Å². The van der Waals surface area contributed by atoms with Crippen LogP contribution in [0.4, 0.5) is 0 Å². The molecule has 1 heteroatoms. The van der Waals surface area contributed by atoms with Crippen LogP contribution in [0.1, 0.15) is 24.5 Å². The maximum Gasteiger partial charge on any atom is 0.130 e. The normalized spacial score (nSPS) is 10.3. The molecular weight excluding hydrogens is 220 g/mol. The van der Waals surface area contributed by atoms with Gasteiger partial charge in [-0.15, -0.1) is 0 Å². The van der Waals surface area contributed by atoms with Crippen LogP contribution in [0.15, 0.2) is 48.5 Å². The summed E-state index contributed by atoms with van der Waals surface area (Å²) in [6.45, 7) is 3.73. The molecule has 0 radical (unpaired) electrons. The van der Waals surface area contributed by atoms with Gasteiger partial charge in [-0.25, -0.2) is 0 Å². The average Bonchev–Trinajstić information content (AvgIpc) is 2.38. The number of carbonyl (C=O) groups excluding carboxylic acids is 1. The molecule has 0 aliphatic carbocycles. The zero-order valence-electron chi connectivity index (χ0n) is 10.9. The second-order valence-corrected chi connectivity index (χ2v) is 4.76. The first-order chi connectivity index (χ1) is 8.65. The third-order valence-electron chi connectivity index (χ3n) is 3.10. The number of benzene rings is 2. The monoisotopic (exact) mass is 238 g/mol. The Labute approximate surface area is 108 Å². The van der Waals surface area contributed by atoms with Crippen molar-refractivity contribution in [2.75, 3.05) is 0 Å². The summed E-state index contributed by atoms with van der Waals surface area (Å²) in [4.78, 5) is 10.9. The lowest BCUT2D eigenvalue weighted by atomic mass is 10.0. The minimum absolute atomic E-state index is 0.248. The summed E-state index contributed by atoms with van der Waals surface area (Å²) in [5.41, 5.74) is 4.96. The van der Waals surface area contributed by atoms with Crippen LogP contribution in [0.2, 0.25) is 0 Å². The van der Waals surface area contributed by atoms with E-state index in [1.54, 1.807) is 6.92 Å². The number of hydrogen-bond donors (Lipinski definition) is 0. The molecular formula is C17H18O. The van der Waals surface area contributed by atoms with Gasteiger partial charge in [0.05, 0.1) is 0 Å². The summed E-state index contributed by atoms with van der Waals surface area (Å²) < 4.78 is 0. The van der Waals surface area contributed by atoms with E-state index < -0.39 is 0 Å². The summed E-state index contributed by atoms with van der Waals surface area (Å²) in [6.07, 6.45) is 1.47. The Morgan fingerprint density at radius 3 is 1.89 bits per heavy atom. The molecule has 0 aromatic heterocycles. The second-order valence-electron chi connectivity index (χ2n) is 4.76. The van der Waals surface area contributed by atoms with Crippen LogP contribution in [0.3, 0.4) is 0 Å². The molecule has 2 aromatic rings. The summed E-state index contributed by atoms with van der Waals surface area (Å²) in [7, 11) is 0. The van der Waals surface area contributed by atoms with E-state index in [0.717, 1.165) is 6.42 Å². The van der Waals surface area contributed by atoms with E-state index in [-0.39, 0.29) is 5.78 Å². The molecule has 0 spiro atoms. The van der Waals surface area contributed by atoms with Crippen LogP contribution in [0, 0.1) is 6.92 Å². The van der Waals surface area contributed by atoms with Crippen molar-refractivity contribution in [3.63, 3.8) is 0 Å². The first kappa shape index (κ1) is 12.6. The summed E-state index contributed by atoms with van der Waals surface area (Å²) in [6, 6.07) is 17.0. The molecule has 0 amide bonds. The van der Waals surface area contributed by atoms with Crippen LogP contribution in [-0.4, -0.2) is 5.78 Å². The highest BCUT2D eigenvalue weighted by atomic mass is 16.1. The van der Waals surface area contributed by atoms with Gasteiger partial charge in [0.2, 0.25) is 0 Å². The molecule has 0 fully saturated rings. The van der Waals surface area contributed by atoms with Crippen molar-refractivity contribution in [1.29, 1.82) is 0 Å². The summed E-state index contributed by atoms with van der Waals surface area (Å²) >= 11 is 0. The first-order valence-electron chi connectivity index (χ1n) is 6.30. The van der Waals surface area contributed by atoms with Crippen molar-refractivity contribution >= 4 is 5.78 Å². The van der Waals surface area contributed by atoms with Crippen molar-refractivity contribution in [1.82, 2.24) is 0 Å². The molecule has 0 aliphatic heterocycles. The lowest BCUT2D eigenvalue weighted by Gasteiger charge is -2.04. The smallest absolute Gasteiger partial charge is 0.130 e. The zero-order chi connectivity index (χ0) is 13.0. The van der Waals surface area contributed by atoms with Gasteiger partial charge in [0.25, 0.3) is 0 Å². The van der Waals surface area contributed by atoms with Gasteiger partial charge in [-0.05, 0) is 37.0 Å². The number of Topliss-reactive ketones (excluding diaryl/α,β-unsaturated/α-hetero) is 1. The summed E-state index contributed by atoms with van der Waals surface area (Å²) in [5, 5.41) is 0. The maximum atomic E-state index is 10.9. The molecule has 0 bridgehead atoms. The highest BCUT2D eigenvalue weighted by Gasteiger charge is 1.99. The Kier molecular flexibility index (Phi) is 3.93. The number of rotatable bonds is 4.